The Labute approximate surface area is 322 Å². The normalized spacial score (nSPS) is 22.0. The van der Waals surface area contributed by atoms with Crippen LogP contribution in [0.3, 0.4) is 0 Å². The molecule has 2 saturated heterocycles. The maximum Gasteiger partial charge on any atom is 0.332 e. The first-order valence-corrected chi connectivity index (χ1v) is 23.2. The Morgan fingerprint density at radius 1 is 0.741 bits per heavy atom. The van der Waals surface area contributed by atoms with Gasteiger partial charge in [-0.15, -0.1) is 5.26 Å². The molecule has 2 amide bonds. The van der Waals surface area contributed by atoms with E-state index in [0.29, 0.717) is 19.5 Å². The lowest BCUT2D eigenvalue weighted by Gasteiger charge is -2.31. The van der Waals surface area contributed by atoms with Gasteiger partial charge in [-0.3, -0.25) is 0 Å². The van der Waals surface area contributed by atoms with Crippen molar-refractivity contribution >= 4 is 31.8 Å². The molecule has 2 unspecified atom stereocenters. The van der Waals surface area contributed by atoms with E-state index in [2.05, 4.69) is 32.0 Å². The first kappa shape index (κ1) is 40.4. The maximum absolute atomic E-state index is 12.7. The number of rotatable bonds is 7. The van der Waals surface area contributed by atoms with E-state index < -0.39 is 31.3 Å². The molecule has 0 spiro atoms. The fraction of sp³-hybridized carbons (Fsp3) is 0.650. The number of urea groups is 1. The van der Waals surface area contributed by atoms with Gasteiger partial charge in [0, 0.05) is 18.8 Å². The number of piperidine rings is 2. The highest BCUT2D eigenvalue weighted by Crippen LogP contribution is 2.40. The van der Waals surface area contributed by atoms with Gasteiger partial charge in [-0.05, 0) is 173 Å². The minimum Gasteiger partial charge on any atom is -0.387 e. The lowest BCUT2D eigenvalue weighted by atomic mass is 9.99. The van der Waals surface area contributed by atoms with Crippen LogP contribution in [-0.2, 0) is 71.4 Å². The Morgan fingerprint density at radius 3 is 1.65 bits per heavy atom. The van der Waals surface area contributed by atoms with Gasteiger partial charge in [-0.1, -0.05) is 26.0 Å². The summed E-state index contributed by atoms with van der Waals surface area (Å²) in [5.74, 6) is 0.903. The second-order valence-electron chi connectivity index (χ2n) is 15.6. The number of carbonyl (C=O) groups is 1. The zero-order valence-corrected chi connectivity index (χ0v) is 33.7. The van der Waals surface area contributed by atoms with Gasteiger partial charge < -0.3 is 19.9 Å². The molecule has 0 aromatic heterocycles. The first-order chi connectivity index (χ1) is 25.9. The molecule has 0 bridgehead atoms. The SMILES string of the molecule is CCN1CCCC(S(=O)(=O)NC(=O)Nc2c3c(cc4c2CCC4)CCC3)C1.CCN1CCCC(S(N)(=O)=O)C1.N#COc1c2c(cc3c1CCC3)CCC2. The molecule has 4 N–H and O–H groups in total. The molecule has 0 saturated carbocycles. The predicted molar refractivity (Wildman–Crippen MR) is 212 cm³/mol. The molecule has 296 valence electrons. The van der Waals surface area contributed by atoms with Crippen molar-refractivity contribution in [1.29, 1.82) is 5.26 Å². The third-order valence-corrected chi connectivity index (χ3v) is 15.3. The molecule has 2 heterocycles. The van der Waals surface area contributed by atoms with Crippen LogP contribution in [0, 0.1) is 11.5 Å². The number of primary sulfonamides is 1. The van der Waals surface area contributed by atoms with Crippen LogP contribution >= 0.6 is 0 Å². The summed E-state index contributed by atoms with van der Waals surface area (Å²) in [5.41, 5.74) is 11.4. The fourth-order valence-electron chi connectivity index (χ4n) is 9.37. The molecule has 2 fully saturated rings. The molecular formula is C40H58N6O6S2. The number of likely N-dealkylation sites (tertiary alicyclic amines) is 2. The third kappa shape index (κ3) is 9.41. The standard InChI is InChI=1S/C20H29N3O3S.C13H13NO.C7H16N2O2S/c1-2-23-11-5-8-16(13-23)27(25,26)22-20(24)21-19-17-9-3-6-14(17)12-15-7-4-10-18(15)19;14-8-15-13-11-5-1-3-9(11)7-10-4-2-6-12(10)13;1-2-9-5-3-4-7(6-9)12(8,10)11/h12,16H,2-11,13H2,1H3,(H2,21,22,24);7H,1-6H2;7H,2-6H2,1H3,(H2,8,10,11). The second-order valence-corrected chi connectivity index (χ2v) is 19.4. The Morgan fingerprint density at radius 2 is 1.19 bits per heavy atom. The number of fused-ring (bicyclic) bond motifs is 4. The molecule has 14 heteroatoms. The molecule has 2 aromatic rings. The van der Waals surface area contributed by atoms with E-state index >= 15 is 0 Å². The number of ether oxygens (including phenoxy) is 1. The highest BCUT2D eigenvalue weighted by molar-refractivity contribution is 7.90. The quantitative estimate of drug-likeness (QED) is 0.331. The minimum absolute atomic E-state index is 0.341. The number of anilines is 1. The number of aryl methyl sites for hydroxylation is 4. The van der Waals surface area contributed by atoms with E-state index in [-0.39, 0.29) is 5.25 Å². The van der Waals surface area contributed by atoms with Gasteiger partial charge in [0.25, 0.3) is 6.26 Å². The highest BCUT2D eigenvalue weighted by atomic mass is 32.2. The van der Waals surface area contributed by atoms with Gasteiger partial charge >= 0.3 is 6.03 Å². The molecule has 6 aliphatic rings. The number of nitrogens with one attached hydrogen (secondary N) is 2. The Bertz CT molecular complexity index is 1900. The van der Waals surface area contributed by atoms with Crippen LogP contribution in [0.5, 0.6) is 5.75 Å². The number of hydrogen-bond acceptors (Lipinski definition) is 9. The van der Waals surface area contributed by atoms with Crippen molar-refractivity contribution in [3.05, 3.63) is 56.6 Å². The van der Waals surface area contributed by atoms with Gasteiger partial charge in [-0.2, -0.15) is 0 Å². The summed E-state index contributed by atoms with van der Waals surface area (Å²) in [6.45, 7) is 8.84. The number of nitriles is 1. The van der Waals surface area contributed by atoms with E-state index in [9.17, 15) is 21.6 Å². The molecule has 4 aliphatic carbocycles. The van der Waals surface area contributed by atoms with Gasteiger partial charge in [0.2, 0.25) is 20.0 Å². The topological polar surface area (TPSA) is 175 Å². The zero-order chi connectivity index (χ0) is 38.5. The third-order valence-electron chi connectivity index (χ3n) is 12.2. The number of nitrogens with zero attached hydrogens (tertiary/aromatic N) is 3. The molecular weight excluding hydrogens is 725 g/mol. The molecule has 12 nitrogen and oxygen atoms in total. The number of carbonyl (C=O) groups excluding carboxylic acids is 1. The monoisotopic (exact) mass is 782 g/mol. The number of nitrogens with two attached hydrogens (primary N) is 1. The summed E-state index contributed by atoms with van der Waals surface area (Å²) in [6, 6.07) is 4.03. The van der Waals surface area contributed by atoms with Crippen LogP contribution in [0.4, 0.5) is 10.5 Å². The van der Waals surface area contributed by atoms with Crippen LogP contribution in [0.2, 0.25) is 0 Å². The second kappa shape index (κ2) is 17.7. The fourth-order valence-corrected chi connectivity index (χ4v) is 11.6. The van der Waals surface area contributed by atoms with Gasteiger partial charge in [0.05, 0.1) is 10.5 Å². The van der Waals surface area contributed by atoms with Crippen molar-refractivity contribution in [1.82, 2.24) is 14.5 Å². The van der Waals surface area contributed by atoms with Crippen LogP contribution in [0.1, 0.15) is 110 Å². The number of amides is 2. The van der Waals surface area contributed by atoms with Crippen molar-refractivity contribution in [2.75, 3.05) is 44.6 Å². The van der Waals surface area contributed by atoms with Crippen LogP contribution < -0.4 is 19.9 Å². The lowest BCUT2D eigenvalue weighted by molar-refractivity contribution is 0.240. The Balaban J connectivity index is 0.000000154. The molecule has 2 aliphatic heterocycles. The van der Waals surface area contributed by atoms with E-state index in [4.69, 9.17) is 15.1 Å². The Kier molecular flexibility index (Phi) is 13.3. The van der Waals surface area contributed by atoms with E-state index in [1.165, 1.54) is 57.3 Å². The lowest BCUT2D eigenvalue weighted by Crippen LogP contribution is -2.48. The molecule has 8 rings (SSSR count). The minimum atomic E-state index is -3.68. The molecule has 2 atom stereocenters. The highest BCUT2D eigenvalue weighted by Gasteiger charge is 2.33. The maximum atomic E-state index is 12.7. The van der Waals surface area contributed by atoms with E-state index in [1.807, 2.05) is 20.1 Å². The average molecular weight is 783 g/mol. The smallest absolute Gasteiger partial charge is 0.332 e. The first-order valence-electron chi connectivity index (χ1n) is 20.1. The van der Waals surface area contributed by atoms with Gasteiger partial charge in [-0.25, -0.2) is 31.5 Å². The number of sulfonamides is 2. The van der Waals surface area contributed by atoms with Gasteiger partial charge in [0.15, 0.2) is 0 Å². The summed E-state index contributed by atoms with van der Waals surface area (Å²) in [4.78, 5) is 16.9. The summed E-state index contributed by atoms with van der Waals surface area (Å²) < 4.78 is 54.9. The van der Waals surface area contributed by atoms with Gasteiger partial charge in [0.1, 0.15) is 5.75 Å². The molecule has 54 heavy (non-hydrogen) atoms. The van der Waals surface area contributed by atoms with Crippen molar-refractivity contribution in [2.24, 2.45) is 5.14 Å². The summed E-state index contributed by atoms with van der Waals surface area (Å²) in [6.07, 6.45) is 18.1. The van der Waals surface area contributed by atoms with Crippen molar-refractivity contribution in [3.63, 3.8) is 0 Å². The van der Waals surface area contributed by atoms with Crippen molar-refractivity contribution < 1.29 is 26.4 Å². The Hall–Kier alpha value is -3.22. The van der Waals surface area contributed by atoms with Crippen LogP contribution in [-0.4, -0.2) is 82.4 Å². The number of hydrogen-bond donors (Lipinski definition) is 3. The summed E-state index contributed by atoms with van der Waals surface area (Å²) >= 11 is 0. The zero-order valence-electron chi connectivity index (χ0n) is 32.1. The number of benzene rings is 2. The van der Waals surface area contributed by atoms with E-state index in [0.717, 1.165) is 121 Å². The largest absolute Gasteiger partial charge is 0.387 e. The van der Waals surface area contributed by atoms with Crippen molar-refractivity contribution in [2.45, 2.75) is 127 Å². The molecule has 2 aromatic carbocycles. The van der Waals surface area contributed by atoms with E-state index in [1.54, 1.807) is 0 Å². The van der Waals surface area contributed by atoms with Crippen molar-refractivity contribution in [3.8, 4) is 12.0 Å². The summed E-state index contributed by atoms with van der Waals surface area (Å²) in [5, 5.41) is 15.8. The predicted octanol–water partition coefficient (Wildman–Crippen LogP) is 4.88. The molecule has 0 radical (unpaired) electrons. The summed E-state index contributed by atoms with van der Waals surface area (Å²) in [7, 11) is -6.99. The van der Waals surface area contributed by atoms with Crippen LogP contribution in [0.15, 0.2) is 12.1 Å². The van der Waals surface area contributed by atoms with Crippen LogP contribution in [0.25, 0.3) is 0 Å². The average Bonchev–Trinajstić information content (AvgIpc) is 3.99.